The third-order valence-corrected chi connectivity index (χ3v) is 3.40. The van der Waals surface area contributed by atoms with E-state index in [1.807, 2.05) is 6.07 Å². The van der Waals surface area contributed by atoms with Gasteiger partial charge in [-0.25, -0.2) is 0 Å². The van der Waals surface area contributed by atoms with Gasteiger partial charge in [0.2, 0.25) is 5.89 Å². The van der Waals surface area contributed by atoms with Crippen molar-refractivity contribution in [3.05, 3.63) is 54.0 Å². The first-order chi connectivity index (χ1) is 12.2. The molecule has 128 valence electrons. The van der Waals surface area contributed by atoms with Gasteiger partial charge in [-0.15, -0.1) is 10.2 Å². The molecule has 8 heteroatoms. The molecule has 0 aliphatic rings. The minimum absolute atomic E-state index is 0.104. The van der Waals surface area contributed by atoms with Gasteiger partial charge >= 0.3 is 0 Å². The average molecular weight is 340 g/mol. The summed E-state index contributed by atoms with van der Waals surface area (Å²) >= 11 is 0. The Kier molecular flexibility index (Phi) is 4.89. The molecule has 25 heavy (non-hydrogen) atoms. The normalized spacial score (nSPS) is 10.3. The summed E-state index contributed by atoms with van der Waals surface area (Å²) in [6, 6.07) is 10.3. The summed E-state index contributed by atoms with van der Waals surface area (Å²) in [6.07, 6.45) is 1.64. The highest BCUT2D eigenvalue weighted by Gasteiger charge is 2.13. The van der Waals surface area contributed by atoms with Crippen LogP contribution < -0.4 is 14.8 Å². The van der Waals surface area contributed by atoms with Crippen molar-refractivity contribution in [3.8, 4) is 23.1 Å². The van der Waals surface area contributed by atoms with Gasteiger partial charge in [-0.05, 0) is 30.3 Å². The zero-order valence-electron chi connectivity index (χ0n) is 13.7. The fourth-order valence-corrected chi connectivity index (χ4v) is 2.15. The first-order valence-corrected chi connectivity index (χ1v) is 7.45. The van der Waals surface area contributed by atoms with E-state index in [1.165, 1.54) is 14.2 Å². The zero-order valence-corrected chi connectivity index (χ0v) is 13.7. The number of amides is 1. The highest BCUT2D eigenvalue weighted by Crippen LogP contribution is 2.27. The molecule has 8 nitrogen and oxygen atoms in total. The van der Waals surface area contributed by atoms with Crippen molar-refractivity contribution in [2.75, 3.05) is 14.2 Å². The molecule has 0 fully saturated rings. The second-order valence-corrected chi connectivity index (χ2v) is 4.97. The number of benzene rings is 1. The van der Waals surface area contributed by atoms with Gasteiger partial charge in [-0.2, -0.15) is 0 Å². The SMILES string of the molecule is COc1ccc(C(=O)NCc2nnc(-c3ccccn3)o2)cc1OC. The van der Waals surface area contributed by atoms with E-state index < -0.39 is 0 Å². The molecule has 3 aromatic rings. The third-order valence-electron chi connectivity index (χ3n) is 3.40. The summed E-state index contributed by atoms with van der Waals surface area (Å²) < 4.78 is 15.8. The zero-order chi connectivity index (χ0) is 17.6. The van der Waals surface area contributed by atoms with E-state index in [1.54, 1.807) is 36.5 Å². The number of methoxy groups -OCH3 is 2. The lowest BCUT2D eigenvalue weighted by Gasteiger charge is -2.09. The average Bonchev–Trinajstić information content (AvgIpc) is 3.15. The van der Waals surface area contributed by atoms with Crippen molar-refractivity contribution in [3.63, 3.8) is 0 Å². The van der Waals surface area contributed by atoms with Crippen LogP contribution in [-0.4, -0.2) is 35.3 Å². The van der Waals surface area contributed by atoms with Crippen molar-refractivity contribution in [2.45, 2.75) is 6.54 Å². The number of carbonyl (C=O) groups excluding carboxylic acids is 1. The number of rotatable bonds is 6. The minimum atomic E-state index is -0.293. The molecule has 1 N–H and O–H groups in total. The maximum atomic E-state index is 12.3. The van der Waals surface area contributed by atoms with Crippen molar-refractivity contribution in [1.29, 1.82) is 0 Å². The summed E-state index contributed by atoms with van der Waals surface area (Å²) in [4.78, 5) is 16.4. The number of hydrogen-bond acceptors (Lipinski definition) is 7. The van der Waals surface area contributed by atoms with E-state index >= 15 is 0 Å². The molecule has 2 heterocycles. The third kappa shape index (κ3) is 3.74. The Hall–Kier alpha value is -3.42. The molecule has 2 aromatic heterocycles. The van der Waals surface area contributed by atoms with Crippen LogP contribution in [0.25, 0.3) is 11.6 Å². The first kappa shape index (κ1) is 16.4. The number of nitrogens with one attached hydrogen (secondary N) is 1. The second-order valence-electron chi connectivity index (χ2n) is 4.97. The Balaban J connectivity index is 1.66. The van der Waals surface area contributed by atoms with Crippen LogP contribution in [0.1, 0.15) is 16.2 Å². The molecule has 0 spiro atoms. The van der Waals surface area contributed by atoms with Crippen LogP contribution in [0.5, 0.6) is 11.5 Å². The Labute approximate surface area is 143 Å². The van der Waals surface area contributed by atoms with E-state index in [9.17, 15) is 4.79 Å². The monoisotopic (exact) mass is 340 g/mol. The number of carbonyl (C=O) groups is 1. The molecular weight excluding hydrogens is 324 g/mol. The van der Waals surface area contributed by atoms with E-state index in [0.717, 1.165) is 0 Å². The van der Waals surface area contributed by atoms with Crippen LogP contribution in [0, 0.1) is 0 Å². The van der Waals surface area contributed by atoms with Gasteiger partial charge in [-0.3, -0.25) is 9.78 Å². The Morgan fingerprint density at radius 2 is 1.96 bits per heavy atom. The largest absolute Gasteiger partial charge is 0.493 e. The van der Waals surface area contributed by atoms with Gasteiger partial charge in [-0.1, -0.05) is 6.07 Å². The molecule has 0 aliphatic carbocycles. The molecule has 0 saturated heterocycles. The number of pyridine rings is 1. The lowest BCUT2D eigenvalue weighted by molar-refractivity contribution is 0.0947. The highest BCUT2D eigenvalue weighted by molar-refractivity contribution is 5.94. The van der Waals surface area contributed by atoms with Crippen LogP contribution in [0.3, 0.4) is 0 Å². The molecule has 0 radical (unpaired) electrons. The maximum Gasteiger partial charge on any atom is 0.266 e. The Morgan fingerprint density at radius 1 is 1.12 bits per heavy atom. The summed E-state index contributed by atoms with van der Waals surface area (Å²) in [6.45, 7) is 0.104. The fourth-order valence-electron chi connectivity index (χ4n) is 2.15. The van der Waals surface area contributed by atoms with Crippen molar-refractivity contribution < 1.29 is 18.7 Å². The van der Waals surface area contributed by atoms with Gasteiger partial charge < -0.3 is 19.2 Å². The molecular formula is C17H16N4O4. The number of ether oxygens (including phenoxy) is 2. The predicted molar refractivity (Wildman–Crippen MR) is 88.2 cm³/mol. The molecule has 0 saturated carbocycles. The molecule has 0 unspecified atom stereocenters. The van der Waals surface area contributed by atoms with E-state index in [-0.39, 0.29) is 18.3 Å². The van der Waals surface area contributed by atoms with Gasteiger partial charge in [0, 0.05) is 11.8 Å². The van der Waals surface area contributed by atoms with Gasteiger partial charge in [0.05, 0.1) is 20.8 Å². The van der Waals surface area contributed by atoms with Crippen LogP contribution >= 0.6 is 0 Å². The van der Waals surface area contributed by atoms with Crippen molar-refractivity contribution >= 4 is 5.91 Å². The van der Waals surface area contributed by atoms with Crippen LogP contribution in [0.15, 0.2) is 47.0 Å². The van der Waals surface area contributed by atoms with E-state index in [0.29, 0.717) is 28.6 Å². The molecule has 0 atom stereocenters. The summed E-state index contributed by atoms with van der Waals surface area (Å²) in [7, 11) is 3.05. The predicted octanol–water partition coefficient (Wildman–Crippen LogP) is 2.08. The fraction of sp³-hybridized carbons (Fsp3) is 0.176. The van der Waals surface area contributed by atoms with Gasteiger partial charge in [0.25, 0.3) is 11.8 Å². The molecule has 1 amide bonds. The number of hydrogen-bond donors (Lipinski definition) is 1. The van der Waals surface area contributed by atoms with Crippen LogP contribution in [0.4, 0.5) is 0 Å². The minimum Gasteiger partial charge on any atom is -0.493 e. The molecule has 3 rings (SSSR count). The summed E-state index contributed by atoms with van der Waals surface area (Å²) in [5.41, 5.74) is 1.01. The lowest BCUT2D eigenvalue weighted by atomic mass is 10.2. The lowest BCUT2D eigenvalue weighted by Crippen LogP contribution is -2.23. The molecule has 0 aliphatic heterocycles. The summed E-state index contributed by atoms with van der Waals surface area (Å²) in [5, 5.41) is 10.5. The summed E-state index contributed by atoms with van der Waals surface area (Å²) in [5.74, 6) is 1.32. The Morgan fingerprint density at radius 3 is 2.68 bits per heavy atom. The second kappa shape index (κ2) is 7.43. The number of aromatic nitrogens is 3. The number of nitrogens with zero attached hydrogens (tertiary/aromatic N) is 3. The maximum absolute atomic E-state index is 12.3. The molecule has 0 bridgehead atoms. The highest BCUT2D eigenvalue weighted by atomic mass is 16.5. The van der Waals surface area contributed by atoms with E-state index in [4.69, 9.17) is 13.9 Å². The molecule has 1 aromatic carbocycles. The standard InChI is InChI=1S/C17H16N4O4/c1-23-13-7-6-11(9-14(13)24-2)16(22)19-10-15-20-21-17(25-15)12-5-3-4-8-18-12/h3-9H,10H2,1-2H3,(H,19,22). The van der Waals surface area contributed by atoms with Gasteiger partial charge in [0.1, 0.15) is 5.69 Å². The van der Waals surface area contributed by atoms with Crippen molar-refractivity contribution in [2.24, 2.45) is 0 Å². The first-order valence-electron chi connectivity index (χ1n) is 7.45. The van der Waals surface area contributed by atoms with Crippen LogP contribution in [0.2, 0.25) is 0 Å². The van der Waals surface area contributed by atoms with Crippen molar-refractivity contribution in [1.82, 2.24) is 20.5 Å². The smallest absolute Gasteiger partial charge is 0.266 e. The van der Waals surface area contributed by atoms with Crippen LogP contribution in [-0.2, 0) is 6.54 Å². The van der Waals surface area contributed by atoms with Gasteiger partial charge in [0.15, 0.2) is 11.5 Å². The topological polar surface area (TPSA) is 99.4 Å². The quantitative estimate of drug-likeness (QED) is 0.733. The Bertz CT molecular complexity index is 864. The van der Waals surface area contributed by atoms with E-state index in [2.05, 4.69) is 20.5 Å².